The molecule has 0 spiro atoms. The van der Waals surface area contributed by atoms with Crippen molar-refractivity contribution in [2.45, 2.75) is 79.2 Å². The largest absolute Gasteiger partial charge is 0.314 e. The maximum atomic E-state index is 3.85. The molecule has 0 bridgehead atoms. The predicted molar refractivity (Wildman–Crippen MR) is 81.8 cm³/mol. The van der Waals surface area contributed by atoms with Gasteiger partial charge in [0, 0.05) is 6.04 Å². The van der Waals surface area contributed by atoms with Crippen LogP contribution < -0.4 is 5.32 Å². The van der Waals surface area contributed by atoms with Gasteiger partial charge < -0.3 is 5.32 Å². The molecule has 0 unspecified atom stereocenters. The Morgan fingerprint density at radius 2 is 1.50 bits per heavy atom. The summed E-state index contributed by atoms with van der Waals surface area (Å²) in [5.74, 6) is 3.46. The zero-order valence-electron chi connectivity index (χ0n) is 13.3. The summed E-state index contributed by atoms with van der Waals surface area (Å²) in [7, 11) is 0. The van der Waals surface area contributed by atoms with Gasteiger partial charge in [0.05, 0.1) is 0 Å². The molecule has 18 heavy (non-hydrogen) atoms. The number of nitrogens with one attached hydrogen (secondary N) is 1. The molecule has 0 atom stereocenters. The molecule has 0 amide bonds. The van der Waals surface area contributed by atoms with Crippen molar-refractivity contribution in [3.8, 4) is 0 Å². The van der Waals surface area contributed by atoms with Crippen LogP contribution in [0.5, 0.6) is 0 Å². The molecule has 0 aromatic carbocycles. The summed E-state index contributed by atoms with van der Waals surface area (Å²) in [4.78, 5) is 0. The van der Waals surface area contributed by atoms with Gasteiger partial charge in [-0.05, 0) is 55.9 Å². The zero-order valence-corrected chi connectivity index (χ0v) is 13.3. The predicted octanol–water partition coefficient (Wildman–Crippen LogP) is 4.86. The van der Waals surface area contributed by atoms with Crippen molar-refractivity contribution in [1.29, 1.82) is 0 Å². The molecule has 0 heterocycles. The Bertz CT molecular complexity index is 194. The van der Waals surface area contributed by atoms with Crippen LogP contribution in [0.25, 0.3) is 0 Å². The highest BCUT2D eigenvalue weighted by Crippen LogP contribution is 2.28. The van der Waals surface area contributed by atoms with E-state index in [-0.39, 0.29) is 0 Å². The van der Waals surface area contributed by atoms with Crippen LogP contribution in [0.1, 0.15) is 73.1 Å². The van der Waals surface area contributed by atoms with Gasteiger partial charge in [0.2, 0.25) is 0 Å². The summed E-state index contributed by atoms with van der Waals surface area (Å²) in [5, 5.41) is 3.85. The van der Waals surface area contributed by atoms with Gasteiger partial charge >= 0.3 is 0 Å². The number of rotatable bonds is 7. The van der Waals surface area contributed by atoms with Crippen LogP contribution in [0.3, 0.4) is 0 Å². The van der Waals surface area contributed by atoms with Crippen LogP contribution in [-0.4, -0.2) is 12.6 Å². The summed E-state index contributed by atoms with van der Waals surface area (Å²) >= 11 is 0. The van der Waals surface area contributed by atoms with Crippen molar-refractivity contribution >= 4 is 0 Å². The Morgan fingerprint density at radius 1 is 0.944 bits per heavy atom. The van der Waals surface area contributed by atoms with E-state index in [2.05, 4.69) is 39.9 Å². The fourth-order valence-electron chi connectivity index (χ4n) is 3.61. The molecular weight excluding hydrogens is 218 g/mol. The van der Waals surface area contributed by atoms with Gasteiger partial charge in [0.25, 0.3) is 0 Å². The first-order valence-electron chi connectivity index (χ1n) is 8.27. The van der Waals surface area contributed by atoms with Crippen molar-refractivity contribution in [3.63, 3.8) is 0 Å². The fourth-order valence-corrected chi connectivity index (χ4v) is 3.61. The first-order chi connectivity index (χ1) is 8.54. The van der Waals surface area contributed by atoms with E-state index < -0.39 is 0 Å². The highest BCUT2D eigenvalue weighted by molar-refractivity contribution is 4.79. The molecule has 0 aromatic heterocycles. The molecule has 1 rings (SSSR count). The van der Waals surface area contributed by atoms with Gasteiger partial charge in [-0.15, -0.1) is 0 Å². The molecule has 1 saturated carbocycles. The quantitative estimate of drug-likeness (QED) is 0.683. The van der Waals surface area contributed by atoms with E-state index in [0.29, 0.717) is 0 Å². The van der Waals surface area contributed by atoms with Crippen LogP contribution in [0.15, 0.2) is 0 Å². The van der Waals surface area contributed by atoms with Crippen molar-refractivity contribution in [2.24, 2.45) is 23.7 Å². The highest BCUT2D eigenvalue weighted by Gasteiger charge is 2.23. The molecule has 0 saturated heterocycles. The van der Waals surface area contributed by atoms with Gasteiger partial charge in [-0.25, -0.2) is 0 Å². The maximum absolute atomic E-state index is 3.85. The van der Waals surface area contributed by atoms with E-state index in [1.54, 1.807) is 0 Å². The minimum atomic E-state index is 0.800. The molecule has 0 aliphatic heterocycles. The van der Waals surface area contributed by atoms with E-state index >= 15 is 0 Å². The third-order valence-corrected chi connectivity index (χ3v) is 4.90. The van der Waals surface area contributed by atoms with E-state index in [9.17, 15) is 0 Å². The maximum Gasteiger partial charge on any atom is 0.00673 e. The van der Waals surface area contributed by atoms with Crippen LogP contribution in [0.4, 0.5) is 0 Å². The van der Waals surface area contributed by atoms with Gasteiger partial charge in [-0.3, -0.25) is 0 Å². The molecule has 1 nitrogen and oxygen atoms in total. The van der Waals surface area contributed by atoms with Gasteiger partial charge in [-0.2, -0.15) is 0 Å². The molecule has 0 radical (unpaired) electrons. The molecule has 1 N–H and O–H groups in total. The molecular formula is C17H35N. The Morgan fingerprint density at radius 3 is 1.94 bits per heavy atom. The van der Waals surface area contributed by atoms with Crippen molar-refractivity contribution in [3.05, 3.63) is 0 Å². The normalized spacial score (nSPS) is 25.3. The molecule has 1 aliphatic rings. The highest BCUT2D eigenvalue weighted by atomic mass is 14.9. The van der Waals surface area contributed by atoms with Crippen LogP contribution in [0.2, 0.25) is 0 Å². The zero-order chi connectivity index (χ0) is 13.5. The first-order valence-corrected chi connectivity index (χ1v) is 8.27. The van der Waals surface area contributed by atoms with E-state index in [0.717, 1.165) is 29.7 Å². The monoisotopic (exact) mass is 253 g/mol. The van der Waals surface area contributed by atoms with Crippen molar-refractivity contribution < 1.29 is 0 Å². The Balaban J connectivity index is 2.24. The van der Waals surface area contributed by atoms with Gasteiger partial charge in [0.1, 0.15) is 0 Å². The van der Waals surface area contributed by atoms with Crippen LogP contribution in [0, 0.1) is 23.7 Å². The van der Waals surface area contributed by atoms with E-state index in [1.807, 2.05) is 0 Å². The summed E-state index contributed by atoms with van der Waals surface area (Å²) < 4.78 is 0. The number of hydrogen-bond donors (Lipinski definition) is 1. The third kappa shape index (κ3) is 5.30. The average molecular weight is 253 g/mol. The second kappa shape index (κ2) is 8.19. The van der Waals surface area contributed by atoms with Gasteiger partial charge in [-0.1, -0.05) is 47.5 Å². The lowest BCUT2D eigenvalue weighted by molar-refractivity contribution is 0.231. The Labute approximate surface area is 115 Å². The summed E-state index contributed by atoms with van der Waals surface area (Å²) in [5.41, 5.74) is 0. The fraction of sp³-hybridized carbons (Fsp3) is 1.00. The summed E-state index contributed by atoms with van der Waals surface area (Å²) in [6, 6.07) is 0.804. The van der Waals surface area contributed by atoms with Crippen molar-refractivity contribution in [1.82, 2.24) is 5.32 Å². The van der Waals surface area contributed by atoms with Crippen LogP contribution >= 0.6 is 0 Å². The van der Waals surface area contributed by atoms with Gasteiger partial charge in [0.15, 0.2) is 0 Å². The topological polar surface area (TPSA) is 12.0 Å². The minimum Gasteiger partial charge on any atom is -0.314 e. The lowest BCUT2D eigenvalue weighted by Crippen LogP contribution is -2.38. The molecule has 108 valence electrons. The van der Waals surface area contributed by atoms with E-state index in [4.69, 9.17) is 0 Å². The molecule has 1 heteroatoms. The second-order valence-corrected chi connectivity index (χ2v) is 7.07. The lowest BCUT2D eigenvalue weighted by Gasteiger charge is -2.32. The summed E-state index contributed by atoms with van der Waals surface area (Å²) in [6.07, 6.45) is 8.55. The minimum absolute atomic E-state index is 0.800. The average Bonchev–Trinajstić information content (AvgIpc) is 2.31. The Hall–Kier alpha value is -0.0400. The molecule has 1 fully saturated rings. The smallest absolute Gasteiger partial charge is 0.00673 e. The lowest BCUT2D eigenvalue weighted by atomic mass is 9.82. The number of hydrogen-bond acceptors (Lipinski definition) is 1. The first kappa shape index (κ1) is 16.0. The van der Waals surface area contributed by atoms with Crippen LogP contribution in [-0.2, 0) is 0 Å². The standard InChI is InChI=1S/C17H35N/c1-6-7-15-8-10-16(11-9-15)18-12-17(13(2)3)14(4)5/h13-18H,6-12H2,1-5H3. The van der Waals surface area contributed by atoms with E-state index in [1.165, 1.54) is 45.1 Å². The second-order valence-electron chi connectivity index (χ2n) is 7.07. The Kier molecular flexibility index (Phi) is 7.29. The molecule has 0 aromatic rings. The third-order valence-electron chi connectivity index (χ3n) is 4.90. The van der Waals surface area contributed by atoms with Crippen molar-refractivity contribution in [2.75, 3.05) is 6.54 Å². The summed E-state index contributed by atoms with van der Waals surface area (Å²) in [6.45, 7) is 13.0. The molecule has 1 aliphatic carbocycles. The SMILES string of the molecule is CCCC1CCC(NCC(C(C)C)C(C)C)CC1.